The van der Waals surface area contributed by atoms with Gasteiger partial charge in [0.2, 0.25) is 5.95 Å². The minimum Gasteiger partial charge on any atom is -0.495 e. The first-order chi connectivity index (χ1) is 6.61. The number of alkyl halides is 2. The maximum atomic E-state index is 12.8. The molecule has 0 fully saturated rings. The first-order valence-corrected chi connectivity index (χ1v) is 3.52. The van der Waals surface area contributed by atoms with Gasteiger partial charge in [-0.25, -0.2) is 13.8 Å². The molecule has 0 bridgehead atoms. The molecule has 6 heteroatoms. The van der Waals surface area contributed by atoms with Crippen molar-refractivity contribution in [1.82, 2.24) is 4.98 Å². The summed E-state index contributed by atoms with van der Waals surface area (Å²) in [6, 6.07) is 1.41. The van der Waals surface area contributed by atoms with Crippen LogP contribution in [0.1, 0.15) is 17.6 Å². The molecule has 0 aliphatic carbocycles. The third-order valence-electron chi connectivity index (χ3n) is 1.56. The van der Waals surface area contributed by atoms with E-state index in [4.69, 9.17) is 5.26 Å². The zero-order valence-electron chi connectivity index (χ0n) is 7.09. The van der Waals surface area contributed by atoms with Gasteiger partial charge in [0.05, 0.1) is 12.7 Å². The molecule has 0 unspecified atom stereocenters. The Morgan fingerprint density at radius 2 is 2.21 bits per heavy atom. The standard InChI is InChI=1S/C8H5F3N2O/c1-14-6-4(2-12)8(11)13-3-5(6)7(9)10/h3,7H,1H3. The van der Waals surface area contributed by atoms with E-state index in [0.29, 0.717) is 6.20 Å². The van der Waals surface area contributed by atoms with E-state index in [1.54, 1.807) is 0 Å². The molecule has 3 nitrogen and oxygen atoms in total. The van der Waals surface area contributed by atoms with E-state index < -0.39 is 29.2 Å². The number of nitriles is 1. The van der Waals surface area contributed by atoms with Crippen LogP contribution in [-0.2, 0) is 0 Å². The van der Waals surface area contributed by atoms with Crippen LogP contribution in [-0.4, -0.2) is 12.1 Å². The Balaban J connectivity index is 3.42. The Morgan fingerprint density at radius 3 is 2.64 bits per heavy atom. The number of hydrogen-bond acceptors (Lipinski definition) is 3. The van der Waals surface area contributed by atoms with Gasteiger partial charge >= 0.3 is 0 Å². The van der Waals surface area contributed by atoms with Crippen molar-refractivity contribution >= 4 is 0 Å². The molecule has 1 aromatic rings. The number of hydrogen-bond donors (Lipinski definition) is 0. The fraction of sp³-hybridized carbons (Fsp3) is 0.250. The molecule has 0 aliphatic rings. The lowest BCUT2D eigenvalue weighted by atomic mass is 10.2. The summed E-state index contributed by atoms with van der Waals surface area (Å²) in [6.45, 7) is 0. The molecule has 1 aromatic heterocycles. The minimum absolute atomic E-state index is 0.463. The Kier molecular flexibility index (Phi) is 2.92. The topological polar surface area (TPSA) is 45.9 Å². The third kappa shape index (κ3) is 1.62. The predicted molar refractivity (Wildman–Crippen MR) is 40.4 cm³/mol. The second kappa shape index (κ2) is 3.96. The lowest BCUT2D eigenvalue weighted by Gasteiger charge is -2.08. The molecular weight excluding hydrogens is 197 g/mol. The Morgan fingerprint density at radius 1 is 1.57 bits per heavy atom. The number of halogens is 3. The molecule has 0 N–H and O–H groups in total. The zero-order chi connectivity index (χ0) is 10.7. The number of methoxy groups -OCH3 is 1. The van der Waals surface area contributed by atoms with Crippen LogP contribution in [0.25, 0.3) is 0 Å². The van der Waals surface area contributed by atoms with Gasteiger partial charge in [-0.05, 0) is 0 Å². The molecule has 1 heterocycles. The molecule has 0 aliphatic heterocycles. The summed E-state index contributed by atoms with van der Waals surface area (Å²) in [5, 5.41) is 8.48. The van der Waals surface area contributed by atoms with Crippen molar-refractivity contribution in [2.45, 2.75) is 6.43 Å². The first-order valence-electron chi connectivity index (χ1n) is 3.52. The van der Waals surface area contributed by atoms with Gasteiger partial charge in [-0.15, -0.1) is 0 Å². The largest absolute Gasteiger partial charge is 0.495 e. The number of pyridine rings is 1. The van der Waals surface area contributed by atoms with Crippen molar-refractivity contribution in [1.29, 1.82) is 5.26 Å². The molecule has 0 saturated heterocycles. The van der Waals surface area contributed by atoms with Gasteiger partial charge in [0.25, 0.3) is 6.43 Å². The smallest absolute Gasteiger partial charge is 0.268 e. The van der Waals surface area contributed by atoms with Gasteiger partial charge < -0.3 is 4.74 Å². The monoisotopic (exact) mass is 202 g/mol. The van der Waals surface area contributed by atoms with Gasteiger partial charge in [0.15, 0.2) is 5.75 Å². The summed E-state index contributed by atoms with van der Waals surface area (Å²) in [4.78, 5) is 3.03. The second-order valence-electron chi connectivity index (χ2n) is 2.33. The third-order valence-corrected chi connectivity index (χ3v) is 1.56. The molecule has 0 radical (unpaired) electrons. The second-order valence-corrected chi connectivity index (χ2v) is 2.33. The Bertz CT molecular complexity index is 387. The number of nitrogens with zero attached hydrogens (tertiary/aromatic N) is 2. The summed E-state index contributed by atoms with van der Waals surface area (Å²) in [6.07, 6.45) is -2.20. The van der Waals surface area contributed by atoms with E-state index in [-0.39, 0.29) is 0 Å². The number of rotatable bonds is 2. The van der Waals surface area contributed by atoms with Gasteiger partial charge in [0, 0.05) is 6.20 Å². The lowest BCUT2D eigenvalue weighted by molar-refractivity contribution is 0.146. The average Bonchev–Trinajstić information content (AvgIpc) is 2.16. The van der Waals surface area contributed by atoms with Gasteiger partial charge in [0.1, 0.15) is 11.6 Å². The van der Waals surface area contributed by atoms with E-state index in [0.717, 1.165) is 7.11 Å². The SMILES string of the molecule is COc1c(C(F)F)cnc(F)c1C#N. The predicted octanol–water partition coefficient (Wildman–Crippen LogP) is 2.04. The maximum absolute atomic E-state index is 12.8. The molecule has 0 aromatic carbocycles. The van der Waals surface area contributed by atoms with Gasteiger partial charge in [-0.3, -0.25) is 0 Å². The van der Waals surface area contributed by atoms with Crippen LogP contribution in [0.5, 0.6) is 5.75 Å². The highest BCUT2D eigenvalue weighted by molar-refractivity contribution is 5.47. The number of aromatic nitrogens is 1. The molecule has 0 spiro atoms. The van der Waals surface area contributed by atoms with Crippen molar-refractivity contribution < 1.29 is 17.9 Å². The Hall–Kier alpha value is -1.77. The molecule has 74 valence electrons. The van der Waals surface area contributed by atoms with Crippen LogP contribution >= 0.6 is 0 Å². The summed E-state index contributed by atoms with van der Waals surface area (Å²) < 4.78 is 42.0. The van der Waals surface area contributed by atoms with Crippen molar-refractivity contribution in [3.63, 3.8) is 0 Å². The molecule has 14 heavy (non-hydrogen) atoms. The normalized spacial score (nSPS) is 10.0. The van der Waals surface area contributed by atoms with Crippen molar-refractivity contribution in [2.24, 2.45) is 0 Å². The van der Waals surface area contributed by atoms with Crippen LogP contribution in [0.3, 0.4) is 0 Å². The van der Waals surface area contributed by atoms with E-state index in [2.05, 4.69) is 9.72 Å². The molecular formula is C8H5F3N2O. The highest BCUT2D eigenvalue weighted by atomic mass is 19.3. The first kappa shape index (κ1) is 10.3. The van der Waals surface area contributed by atoms with Crippen LogP contribution in [0.15, 0.2) is 6.20 Å². The van der Waals surface area contributed by atoms with Crippen LogP contribution in [0.4, 0.5) is 13.2 Å². The summed E-state index contributed by atoms with van der Waals surface area (Å²) in [7, 11) is 1.08. The van der Waals surface area contributed by atoms with Crippen LogP contribution < -0.4 is 4.74 Å². The highest BCUT2D eigenvalue weighted by Gasteiger charge is 2.21. The zero-order valence-corrected chi connectivity index (χ0v) is 7.09. The minimum atomic E-state index is -2.86. The summed E-state index contributed by atoms with van der Waals surface area (Å²) >= 11 is 0. The van der Waals surface area contributed by atoms with Crippen molar-refractivity contribution in [3.8, 4) is 11.8 Å². The van der Waals surface area contributed by atoms with Gasteiger partial charge in [-0.1, -0.05) is 0 Å². The fourth-order valence-electron chi connectivity index (χ4n) is 0.960. The molecule has 0 saturated carbocycles. The summed E-state index contributed by atoms with van der Waals surface area (Å²) in [5.41, 5.74) is -1.20. The fourth-order valence-corrected chi connectivity index (χ4v) is 0.960. The van der Waals surface area contributed by atoms with E-state index in [1.807, 2.05) is 0 Å². The van der Waals surface area contributed by atoms with E-state index >= 15 is 0 Å². The van der Waals surface area contributed by atoms with Crippen molar-refractivity contribution in [3.05, 3.63) is 23.3 Å². The van der Waals surface area contributed by atoms with Crippen molar-refractivity contribution in [2.75, 3.05) is 7.11 Å². The van der Waals surface area contributed by atoms with E-state index in [1.165, 1.54) is 6.07 Å². The lowest BCUT2D eigenvalue weighted by Crippen LogP contribution is -2.00. The quantitative estimate of drug-likeness (QED) is 0.689. The van der Waals surface area contributed by atoms with E-state index in [9.17, 15) is 13.2 Å². The van der Waals surface area contributed by atoms with Crippen LogP contribution in [0, 0.1) is 17.3 Å². The van der Waals surface area contributed by atoms with Crippen LogP contribution in [0.2, 0.25) is 0 Å². The Labute approximate surface area is 77.7 Å². The molecule has 0 atom stereocenters. The summed E-state index contributed by atoms with van der Waals surface area (Å²) in [5.74, 6) is -1.58. The molecule has 1 rings (SSSR count). The number of ether oxygens (including phenoxy) is 1. The van der Waals surface area contributed by atoms with Gasteiger partial charge in [-0.2, -0.15) is 9.65 Å². The molecule has 0 amide bonds. The maximum Gasteiger partial charge on any atom is 0.268 e. The average molecular weight is 202 g/mol. The highest BCUT2D eigenvalue weighted by Crippen LogP contribution is 2.31.